The minimum Gasteiger partial charge on any atom is -0.444 e. The molecule has 0 heterocycles. The van der Waals surface area contributed by atoms with Crippen molar-refractivity contribution in [3.8, 4) is 0 Å². The molecule has 0 unspecified atom stereocenters. The van der Waals surface area contributed by atoms with Gasteiger partial charge in [0.15, 0.2) is 0 Å². The molecule has 3 nitrogen and oxygen atoms in total. The van der Waals surface area contributed by atoms with E-state index in [-0.39, 0.29) is 23.1 Å². The molecular formula is C4H7NNiO2S2. The molecule has 0 aromatic carbocycles. The summed E-state index contributed by atoms with van der Waals surface area (Å²) in [5, 5.41) is 0. The van der Waals surface area contributed by atoms with Crippen LogP contribution in [-0.2, 0) is 21.2 Å². The minimum atomic E-state index is -0.610. The molecule has 0 atom stereocenters. The second-order valence-electron chi connectivity index (χ2n) is 1.16. The van der Waals surface area contributed by atoms with Crippen LogP contribution in [0.2, 0.25) is 0 Å². The Morgan fingerprint density at radius 1 is 1.70 bits per heavy atom. The molecule has 0 spiro atoms. The zero-order valence-corrected chi connectivity index (χ0v) is 7.74. The third-order valence-electron chi connectivity index (χ3n) is 0.488. The van der Waals surface area contributed by atoms with Crippen LogP contribution < -0.4 is 0 Å². The summed E-state index contributed by atoms with van der Waals surface area (Å²) >= 11 is 7.11. The average molecular weight is 224 g/mol. The third-order valence-corrected chi connectivity index (χ3v) is 0.815. The summed E-state index contributed by atoms with van der Waals surface area (Å²) in [7, 11) is 0. The topological polar surface area (TPSA) is 29.5 Å². The number of amides is 1. The van der Waals surface area contributed by atoms with Crippen molar-refractivity contribution in [2.45, 2.75) is 0 Å². The molecule has 0 aromatic heterocycles. The maximum absolute atomic E-state index is 10.4. The van der Waals surface area contributed by atoms with Crippen LogP contribution in [0.4, 0.5) is 4.79 Å². The van der Waals surface area contributed by atoms with Crippen LogP contribution >= 0.6 is 25.6 Å². The van der Waals surface area contributed by atoms with E-state index in [4.69, 9.17) is 0 Å². The van der Waals surface area contributed by atoms with Gasteiger partial charge >= 0.3 is 6.09 Å². The fourth-order valence-corrected chi connectivity index (χ4v) is 0.303. The van der Waals surface area contributed by atoms with Crippen molar-refractivity contribution in [2.75, 3.05) is 6.61 Å². The van der Waals surface area contributed by atoms with Gasteiger partial charge in [0.25, 0.3) is 0 Å². The van der Waals surface area contributed by atoms with Gasteiger partial charge in [0.05, 0.1) is 0 Å². The largest absolute Gasteiger partial charge is 0.444 e. The maximum Gasteiger partial charge on any atom is 0.430 e. The first-order valence-corrected chi connectivity index (χ1v) is 2.94. The second kappa shape index (κ2) is 7.31. The predicted octanol–water partition coefficient (Wildman–Crippen LogP) is 1.30. The van der Waals surface area contributed by atoms with E-state index < -0.39 is 6.09 Å². The van der Waals surface area contributed by atoms with Crippen LogP contribution in [0.1, 0.15) is 0 Å². The van der Waals surface area contributed by atoms with Crippen LogP contribution in [0, 0.1) is 0 Å². The van der Waals surface area contributed by atoms with Crippen LogP contribution in [-0.4, -0.2) is 16.4 Å². The van der Waals surface area contributed by atoms with E-state index >= 15 is 0 Å². The Kier molecular flexibility index (Phi) is 9.39. The normalized spacial score (nSPS) is 7.40. The summed E-state index contributed by atoms with van der Waals surface area (Å²) in [6.45, 7) is 3.52. The Labute approximate surface area is 80.8 Å². The van der Waals surface area contributed by atoms with Crippen LogP contribution in [0.25, 0.3) is 0 Å². The van der Waals surface area contributed by atoms with Crippen molar-refractivity contribution in [1.82, 2.24) is 3.71 Å². The summed E-state index contributed by atoms with van der Waals surface area (Å²) in [4.78, 5) is 10.4. The van der Waals surface area contributed by atoms with Gasteiger partial charge < -0.3 is 4.74 Å². The summed E-state index contributed by atoms with van der Waals surface area (Å²) in [6.07, 6.45) is 0.852. The molecule has 0 aliphatic rings. The van der Waals surface area contributed by atoms with E-state index in [9.17, 15) is 4.79 Å². The molecule has 0 saturated carbocycles. The van der Waals surface area contributed by atoms with Gasteiger partial charge in [-0.3, -0.25) is 0 Å². The molecule has 0 bridgehead atoms. The molecule has 0 aliphatic heterocycles. The maximum atomic E-state index is 10.4. The molecular weight excluding hydrogens is 217 g/mol. The van der Waals surface area contributed by atoms with E-state index in [1.165, 1.54) is 6.08 Å². The third kappa shape index (κ3) is 6.33. The second-order valence-corrected chi connectivity index (χ2v) is 2.27. The first kappa shape index (κ1) is 12.8. The molecule has 0 N–H and O–H groups in total. The van der Waals surface area contributed by atoms with E-state index in [0.29, 0.717) is 0 Å². The Bertz CT molecular complexity index is 120. The molecule has 1 amide bonds. The van der Waals surface area contributed by atoms with Crippen molar-refractivity contribution < 1.29 is 26.0 Å². The van der Waals surface area contributed by atoms with Crippen molar-refractivity contribution in [3.05, 3.63) is 12.7 Å². The molecule has 10 heavy (non-hydrogen) atoms. The number of carbonyl (C=O) groups is 1. The SMILES string of the molecule is C=CCOC(=O)N(S)S.[Ni]. The molecule has 0 saturated heterocycles. The van der Waals surface area contributed by atoms with Gasteiger partial charge in [0.2, 0.25) is 0 Å². The Hall–Kier alpha value is 0.204. The first-order valence-electron chi connectivity index (χ1n) is 2.14. The molecule has 0 aliphatic carbocycles. The monoisotopic (exact) mass is 223 g/mol. The number of rotatable bonds is 2. The number of hydrogen-bond acceptors (Lipinski definition) is 4. The van der Waals surface area contributed by atoms with Crippen LogP contribution in [0.3, 0.4) is 0 Å². The van der Waals surface area contributed by atoms with Gasteiger partial charge in [-0.1, -0.05) is 12.7 Å². The fraction of sp³-hybridized carbons (Fsp3) is 0.250. The van der Waals surface area contributed by atoms with Crippen LogP contribution in [0.5, 0.6) is 0 Å². The standard InChI is InChI=1S/C4H7NO2S2.Ni/c1-2-3-7-4(6)5(8)9;/h2,8-9H,1,3H2;. The molecule has 0 aromatic rings. The number of carbonyl (C=O) groups excluding carboxylic acids is 1. The van der Waals surface area contributed by atoms with Gasteiger partial charge in [0, 0.05) is 16.5 Å². The molecule has 0 radical (unpaired) electrons. The van der Waals surface area contributed by atoms with Gasteiger partial charge in [0.1, 0.15) is 6.61 Å². The van der Waals surface area contributed by atoms with Gasteiger partial charge in [-0.2, -0.15) is 3.71 Å². The smallest absolute Gasteiger partial charge is 0.430 e. The molecule has 6 heteroatoms. The minimum absolute atomic E-state index is 0. The molecule has 62 valence electrons. The Balaban J connectivity index is 0. The van der Waals surface area contributed by atoms with Crippen LogP contribution in [0.15, 0.2) is 12.7 Å². The van der Waals surface area contributed by atoms with E-state index in [2.05, 4.69) is 36.9 Å². The van der Waals surface area contributed by atoms with Gasteiger partial charge in [-0.05, 0) is 25.6 Å². The number of thiol groups is 2. The zero-order chi connectivity index (χ0) is 7.28. The van der Waals surface area contributed by atoms with Crippen molar-refractivity contribution in [1.29, 1.82) is 0 Å². The van der Waals surface area contributed by atoms with Gasteiger partial charge in [-0.15, -0.1) is 0 Å². The summed E-state index contributed by atoms with van der Waals surface area (Å²) in [6, 6.07) is 0. The van der Waals surface area contributed by atoms with Gasteiger partial charge in [-0.25, -0.2) is 4.79 Å². The van der Waals surface area contributed by atoms with Crippen molar-refractivity contribution in [3.63, 3.8) is 0 Å². The average Bonchev–Trinajstić information content (AvgIpc) is 1.82. The fourth-order valence-electron chi connectivity index (χ4n) is 0.188. The molecule has 0 fully saturated rings. The summed E-state index contributed by atoms with van der Waals surface area (Å²) in [5.41, 5.74) is 0. The summed E-state index contributed by atoms with van der Waals surface area (Å²) < 4.78 is 5.22. The van der Waals surface area contributed by atoms with E-state index in [1.54, 1.807) is 0 Å². The number of nitrogens with zero attached hydrogens (tertiary/aromatic N) is 1. The predicted molar refractivity (Wildman–Crippen MR) is 41.4 cm³/mol. The summed E-state index contributed by atoms with van der Waals surface area (Å²) in [5.74, 6) is 0. The Morgan fingerprint density at radius 2 is 2.20 bits per heavy atom. The number of ether oxygens (including phenoxy) is 1. The Morgan fingerprint density at radius 3 is 2.50 bits per heavy atom. The zero-order valence-electron chi connectivity index (χ0n) is 4.97. The van der Waals surface area contributed by atoms with Crippen molar-refractivity contribution >= 4 is 31.7 Å². The van der Waals surface area contributed by atoms with E-state index in [0.717, 1.165) is 3.71 Å². The quantitative estimate of drug-likeness (QED) is 0.420. The molecule has 0 rings (SSSR count). The first-order chi connectivity index (χ1) is 4.18. The van der Waals surface area contributed by atoms with E-state index in [1.807, 2.05) is 0 Å². The number of hydrogen-bond donors (Lipinski definition) is 2. The van der Waals surface area contributed by atoms with Crippen molar-refractivity contribution in [2.24, 2.45) is 0 Å².